The number of nitrogens with zero attached hydrogens (tertiary/aromatic N) is 4. The zero-order valence-corrected chi connectivity index (χ0v) is 14.0. The van der Waals surface area contributed by atoms with Gasteiger partial charge in [0.05, 0.1) is 12.8 Å². The van der Waals surface area contributed by atoms with E-state index in [1.807, 2.05) is 30.5 Å². The molecule has 0 aromatic carbocycles. The third-order valence-electron chi connectivity index (χ3n) is 4.42. The summed E-state index contributed by atoms with van der Waals surface area (Å²) in [4.78, 5) is 19.0. The first kappa shape index (κ1) is 15.5. The van der Waals surface area contributed by atoms with Gasteiger partial charge in [-0.05, 0) is 32.8 Å². The highest BCUT2D eigenvalue weighted by Crippen LogP contribution is 2.31. The second kappa shape index (κ2) is 6.02. The van der Waals surface area contributed by atoms with Crippen LogP contribution in [-0.2, 0) is 13.6 Å². The summed E-state index contributed by atoms with van der Waals surface area (Å²) in [6.07, 6.45) is 3.71. The minimum Gasteiger partial charge on any atom is -0.497 e. The first-order chi connectivity index (χ1) is 11.0. The molecule has 0 unspecified atom stereocenters. The molecule has 0 spiro atoms. The highest BCUT2D eigenvalue weighted by atomic mass is 16.5. The summed E-state index contributed by atoms with van der Waals surface area (Å²) in [5.41, 5.74) is 3.62. The van der Waals surface area contributed by atoms with E-state index in [9.17, 15) is 4.79 Å². The van der Waals surface area contributed by atoms with Crippen molar-refractivity contribution in [2.75, 3.05) is 7.11 Å². The van der Waals surface area contributed by atoms with Gasteiger partial charge in [-0.1, -0.05) is 0 Å². The summed E-state index contributed by atoms with van der Waals surface area (Å²) in [5.74, 6) is 0.599. The number of carbonyl (C=O) groups excluding carboxylic acids is 1. The molecule has 2 aromatic heterocycles. The number of aromatic nitrogens is 3. The van der Waals surface area contributed by atoms with Gasteiger partial charge in [-0.3, -0.25) is 14.5 Å². The van der Waals surface area contributed by atoms with Gasteiger partial charge in [0.2, 0.25) is 0 Å². The molecule has 6 heteroatoms. The highest BCUT2D eigenvalue weighted by molar-refractivity contribution is 5.93. The molecule has 1 saturated carbocycles. The van der Waals surface area contributed by atoms with E-state index < -0.39 is 0 Å². The number of hydrogen-bond acceptors (Lipinski definition) is 4. The fourth-order valence-electron chi connectivity index (χ4n) is 2.77. The molecule has 1 fully saturated rings. The Morgan fingerprint density at radius 1 is 1.43 bits per heavy atom. The Kier molecular flexibility index (Phi) is 4.07. The molecule has 23 heavy (non-hydrogen) atoms. The summed E-state index contributed by atoms with van der Waals surface area (Å²) in [6.45, 7) is 4.60. The molecule has 0 bridgehead atoms. The van der Waals surface area contributed by atoms with Gasteiger partial charge in [0, 0.05) is 43.2 Å². The topological polar surface area (TPSA) is 60.2 Å². The molecule has 0 N–H and O–H groups in total. The van der Waals surface area contributed by atoms with Crippen LogP contribution >= 0.6 is 0 Å². The number of pyridine rings is 1. The second-order valence-electron chi connectivity index (χ2n) is 6.02. The monoisotopic (exact) mass is 314 g/mol. The van der Waals surface area contributed by atoms with Gasteiger partial charge in [0.15, 0.2) is 0 Å². The highest BCUT2D eigenvalue weighted by Gasteiger charge is 2.34. The molecule has 0 atom stereocenters. The zero-order chi connectivity index (χ0) is 16.6. The van der Waals surface area contributed by atoms with Gasteiger partial charge in [-0.25, -0.2) is 0 Å². The molecule has 0 radical (unpaired) electrons. The summed E-state index contributed by atoms with van der Waals surface area (Å²) >= 11 is 0. The fourth-order valence-corrected chi connectivity index (χ4v) is 2.77. The molecule has 122 valence electrons. The summed E-state index contributed by atoms with van der Waals surface area (Å²) < 4.78 is 7.06. The minimum atomic E-state index is -0.0472. The van der Waals surface area contributed by atoms with E-state index in [0.29, 0.717) is 24.0 Å². The Hall–Kier alpha value is -2.37. The lowest BCUT2D eigenvalue weighted by molar-refractivity contribution is 0.0723. The normalized spacial score (nSPS) is 13.9. The molecule has 3 rings (SSSR count). The van der Waals surface area contributed by atoms with Crippen LogP contribution in [0.1, 0.15) is 40.3 Å². The van der Waals surface area contributed by atoms with Crippen molar-refractivity contribution < 1.29 is 9.53 Å². The van der Waals surface area contributed by atoms with E-state index in [4.69, 9.17) is 4.74 Å². The average Bonchev–Trinajstić information content (AvgIpc) is 3.35. The van der Waals surface area contributed by atoms with Crippen molar-refractivity contribution in [2.45, 2.75) is 39.3 Å². The maximum Gasteiger partial charge on any atom is 0.273 e. The van der Waals surface area contributed by atoms with Crippen molar-refractivity contribution in [3.05, 3.63) is 41.0 Å². The van der Waals surface area contributed by atoms with Crippen molar-refractivity contribution in [3.8, 4) is 5.75 Å². The summed E-state index contributed by atoms with van der Waals surface area (Å²) in [6, 6.07) is 3.74. The number of ether oxygens (including phenoxy) is 1. The van der Waals surface area contributed by atoms with Gasteiger partial charge < -0.3 is 9.64 Å². The van der Waals surface area contributed by atoms with Crippen LogP contribution in [0.5, 0.6) is 5.75 Å². The lowest BCUT2D eigenvalue weighted by atomic mass is 10.1. The van der Waals surface area contributed by atoms with Crippen molar-refractivity contribution in [3.63, 3.8) is 0 Å². The van der Waals surface area contributed by atoms with Gasteiger partial charge >= 0.3 is 0 Å². The van der Waals surface area contributed by atoms with Gasteiger partial charge in [0.1, 0.15) is 11.4 Å². The molecule has 2 aromatic rings. The predicted octanol–water partition coefficient (Wildman–Crippen LogP) is 2.25. The predicted molar refractivity (Wildman–Crippen MR) is 86.4 cm³/mol. The quantitative estimate of drug-likeness (QED) is 0.849. The van der Waals surface area contributed by atoms with Crippen molar-refractivity contribution >= 4 is 5.91 Å². The molecule has 0 saturated heterocycles. The molecular formula is C17H22N4O2. The third kappa shape index (κ3) is 3.06. The van der Waals surface area contributed by atoms with Crippen LogP contribution in [0.2, 0.25) is 0 Å². The number of hydrogen-bond donors (Lipinski definition) is 0. The molecule has 1 aliphatic carbocycles. The van der Waals surface area contributed by atoms with Crippen molar-refractivity contribution in [1.29, 1.82) is 0 Å². The number of amides is 1. The molecule has 2 heterocycles. The molecular weight excluding hydrogens is 292 g/mol. The smallest absolute Gasteiger partial charge is 0.273 e. The number of carbonyl (C=O) groups is 1. The van der Waals surface area contributed by atoms with E-state index >= 15 is 0 Å². The average molecular weight is 314 g/mol. The molecule has 1 amide bonds. The lowest BCUT2D eigenvalue weighted by Gasteiger charge is -2.22. The Morgan fingerprint density at radius 2 is 2.17 bits per heavy atom. The Morgan fingerprint density at radius 3 is 2.74 bits per heavy atom. The maximum absolute atomic E-state index is 12.9. The molecule has 1 aliphatic rings. The second-order valence-corrected chi connectivity index (χ2v) is 6.02. The SMILES string of the molecule is COc1ccnc(C(=O)N(Cc2c(C)nn(C)c2C)C2CC2)c1. The van der Waals surface area contributed by atoms with Crippen LogP contribution < -0.4 is 4.74 Å². The third-order valence-corrected chi connectivity index (χ3v) is 4.42. The van der Waals surface area contributed by atoms with E-state index in [2.05, 4.69) is 10.1 Å². The zero-order valence-electron chi connectivity index (χ0n) is 14.0. The first-order valence-corrected chi connectivity index (χ1v) is 7.81. The molecule has 0 aliphatic heterocycles. The van der Waals surface area contributed by atoms with Crippen molar-refractivity contribution in [1.82, 2.24) is 19.7 Å². The fraction of sp³-hybridized carbons (Fsp3) is 0.471. The van der Waals surface area contributed by atoms with Crippen LogP contribution in [0, 0.1) is 13.8 Å². The summed E-state index contributed by atoms with van der Waals surface area (Å²) in [5, 5.41) is 4.45. The van der Waals surface area contributed by atoms with Crippen LogP contribution in [0.4, 0.5) is 0 Å². The Bertz CT molecular complexity index is 734. The standard InChI is InChI=1S/C17H22N4O2/c1-11-15(12(2)20(3)19-11)10-21(13-5-6-13)17(22)16-9-14(23-4)7-8-18-16/h7-9,13H,5-6,10H2,1-4H3. The van der Waals surface area contributed by atoms with Crippen LogP contribution in [0.3, 0.4) is 0 Å². The van der Waals surface area contributed by atoms with Gasteiger partial charge in [-0.15, -0.1) is 0 Å². The van der Waals surface area contributed by atoms with Crippen molar-refractivity contribution in [2.24, 2.45) is 7.05 Å². The number of rotatable bonds is 5. The van der Waals surface area contributed by atoms with E-state index in [1.165, 1.54) is 0 Å². The van der Waals surface area contributed by atoms with Crippen LogP contribution in [0.15, 0.2) is 18.3 Å². The Balaban J connectivity index is 1.88. The number of aryl methyl sites for hydroxylation is 2. The van der Waals surface area contributed by atoms with Gasteiger partial charge in [-0.2, -0.15) is 5.10 Å². The van der Waals surface area contributed by atoms with Crippen LogP contribution in [-0.4, -0.2) is 38.7 Å². The maximum atomic E-state index is 12.9. The molecule has 6 nitrogen and oxygen atoms in total. The van der Waals surface area contributed by atoms with E-state index in [1.54, 1.807) is 25.4 Å². The van der Waals surface area contributed by atoms with E-state index in [0.717, 1.165) is 29.8 Å². The Labute approximate surface area is 136 Å². The lowest BCUT2D eigenvalue weighted by Crippen LogP contribution is -2.33. The van der Waals surface area contributed by atoms with Gasteiger partial charge in [0.25, 0.3) is 5.91 Å². The largest absolute Gasteiger partial charge is 0.497 e. The number of methoxy groups -OCH3 is 1. The van der Waals surface area contributed by atoms with E-state index in [-0.39, 0.29) is 5.91 Å². The van der Waals surface area contributed by atoms with Crippen LogP contribution in [0.25, 0.3) is 0 Å². The minimum absolute atomic E-state index is 0.0472. The first-order valence-electron chi connectivity index (χ1n) is 7.81. The summed E-state index contributed by atoms with van der Waals surface area (Å²) in [7, 11) is 3.52.